The first-order valence-electron chi connectivity index (χ1n) is 8.92. The van der Waals surface area contributed by atoms with E-state index in [9.17, 15) is 4.79 Å². The Kier molecular flexibility index (Phi) is 5.29. The molecule has 2 aromatic carbocycles. The first-order chi connectivity index (χ1) is 12.8. The summed E-state index contributed by atoms with van der Waals surface area (Å²) in [6, 6.07) is 16.3. The molecule has 1 N–H and O–H groups in total. The molecule has 4 nitrogen and oxygen atoms in total. The fraction of sp³-hybridized carbons (Fsp3) is 0.286. The Morgan fingerprint density at radius 3 is 2.69 bits per heavy atom. The minimum Gasteiger partial charge on any atom is -0.379 e. The summed E-state index contributed by atoms with van der Waals surface area (Å²) in [7, 11) is 0. The summed E-state index contributed by atoms with van der Waals surface area (Å²) >= 11 is 1.69. The number of nitrogens with zero attached hydrogens (tertiary/aromatic N) is 1. The summed E-state index contributed by atoms with van der Waals surface area (Å²) in [5, 5.41) is 9.63. The van der Waals surface area contributed by atoms with Crippen molar-refractivity contribution in [3.8, 4) is 0 Å². The van der Waals surface area contributed by atoms with Crippen LogP contribution in [0.4, 0.5) is 0 Å². The molecule has 4 rings (SSSR count). The average molecular weight is 366 g/mol. The lowest BCUT2D eigenvalue weighted by Gasteiger charge is -2.34. The van der Waals surface area contributed by atoms with E-state index >= 15 is 0 Å². The van der Waals surface area contributed by atoms with Gasteiger partial charge in [-0.15, -0.1) is 0 Å². The monoisotopic (exact) mass is 366 g/mol. The topological polar surface area (TPSA) is 41.6 Å². The van der Waals surface area contributed by atoms with Gasteiger partial charge in [-0.25, -0.2) is 0 Å². The van der Waals surface area contributed by atoms with Crippen molar-refractivity contribution in [2.45, 2.75) is 6.04 Å². The van der Waals surface area contributed by atoms with Gasteiger partial charge in [0.05, 0.1) is 19.3 Å². The third-order valence-corrected chi connectivity index (χ3v) is 5.58. The summed E-state index contributed by atoms with van der Waals surface area (Å²) in [6.45, 7) is 3.89. The number of benzene rings is 2. The Hall–Kier alpha value is -2.21. The van der Waals surface area contributed by atoms with Crippen molar-refractivity contribution in [1.29, 1.82) is 0 Å². The molecule has 0 unspecified atom stereocenters. The lowest BCUT2D eigenvalue weighted by atomic mass is 10.1. The summed E-state index contributed by atoms with van der Waals surface area (Å²) < 4.78 is 5.48. The minimum absolute atomic E-state index is 0.0238. The van der Waals surface area contributed by atoms with Gasteiger partial charge >= 0.3 is 0 Å². The van der Waals surface area contributed by atoms with Crippen LogP contribution in [-0.2, 0) is 4.74 Å². The lowest BCUT2D eigenvalue weighted by molar-refractivity contribution is 0.0163. The Morgan fingerprint density at radius 2 is 1.92 bits per heavy atom. The van der Waals surface area contributed by atoms with Crippen molar-refractivity contribution in [3.05, 3.63) is 70.4 Å². The molecule has 0 aliphatic carbocycles. The number of thiophene rings is 1. The zero-order valence-corrected chi connectivity index (χ0v) is 15.4. The molecule has 1 saturated heterocycles. The fourth-order valence-electron chi connectivity index (χ4n) is 3.43. The van der Waals surface area contributed by atoms with Crippen LogP contribution < -0.4 is 5.32 Å². The first-order valence-corrected chi connectivity index (χ1v) is 9.86. The average Bonchev–Trinajstić information content (AvgIpc) is 3.23. The van der Waals surface area contributed by atoms with Gasteiger partial charge < -0.3 is 10.1 Å². The smallest absolute Gasteiger partial charge is 0.251 e. The number of amides is 1. The highest BCUT2D eigenvalue weighted by molar-refractivity contribution is 7.07. The van der Waals surface area contributed by atoms with Gasteiger partial charge in [0.1, 0.15) is 0 Å². The van der Waals surface area contributed by atoms with E-state index in [0.717, 1.165) is 37.1 Å². The Bertz CT molecular complexity index is 873. The number of fused-ring (bicyclic) bond motifs is 1. The first kappa shape index (κ1) is 17.2. The molecule has 0 bridgehead atoms. The van der Waals surface area contributed by atoms with Crippen LogP contribution in [0, 0.1) is 0 Å². The second-order valence-corrected chi connectivity index (χ2v) is 7.27. The van der Waals surface area contributed by atoms with Crippen molar-refractivity contribution in [3.63, 3.8) is 0 Å². The number of hydrogen-bond acceptors (Lipinski definition) is 4. The van der Waals surface area contributed by atoms with E-state index in [1.54, 1.807) is 11.3 Å². The highest BCUT2D eigenvalue weighted by Gasteiger charge is 2.23. The Balaban J connectivity index is 1.48. The molecule has 1 atom stereocenters. The fourth-order valence-corrected chi connectivity index (χ4v) is 4.14. The van der Waals surface area contributed by atoms with Crippen molar-refractivity contribution in [1.82, 2.24) is 10.2 Å². The molecule has 0 radical (unpaired) electrons. The minimum atomic E-state index is -0.0238. The number of ether oxygens (including phenoxy) is 1. The van der Waals surface area contributed by atoms with Crippen LogP contribution >= 0.6 is 11.3 Å². The molecule has 1 amide bonds. The van der Waals surface area contributed by atoms with E-state index in [1.807, 2.05) is 36.4 Å². The van der Waals surface area contributed by atoms with E-state index in [2.05, 4.69) is 33.1 Å². The Morgan fingerprint density at radius 1 is 1.12 bits per heavy atom. The third kappa shape index (κ3) is 3.80. The molecule has 26 heavy (non-hydrogen) atoms. The number of morpholine rings is 1. The van der Waals surface area contributed by atoms with Gasteiger partial charge in [0, 0.05) is 25.2 Å². The van der Waals surface area contributed by atoms with Crippen molar-refractivity contribution in [2.75, 3.05) is 32.8 Å². The second-order valence-electron chi connectivity index (χ2n) is 6.49. The van der Waals surface area contributed by atoms with E-state index in [0.29, 0.717) is 12.1 Å². The van der Waals surface area contributed by atoms with Crippen molar-refractivity contribution < 1.29 is 9.53 Å². The van der Waals surface area contributed by atoms with Gasteiger partial charge in [0.25, 0.3) is 5.91 Å². The molecule has 3 aromatic rings. The molecule has 1 aromatic heterocycles. The number of carbonyl (C=O) groups is 1. The number of rotatable bonds is 5. The number of carbonyl (C=O) groups excluding carboxylic acids is 1. The van der Waals surface area contributed by atoms with Gasteiger partial charge in [-0.05, 0) is 45.3 Å². The zero-order valence-electron chi connectivity index (χ0n) is 14.6. The summed E-state index contributed by atoms with van der Waals surface area (Å²) in [5.74, 6) is -0.0238. The van der Waals surface area contributed by atoms with Gasteiger partial charge in [-0.3, -0.25) is 9.69 Å². The molecule has 1 aliphatic rings. The molecule has 0 spiro atoms. The predicted molar refractivity (Wildman–Crippen MR) is 106 cm³/mol. The summed E-state index contributed by atoms with van der Waals surface area (Å²) in [4.78, 5) is 15.1. The van der Waals surface area contributed by atoms with Crippen LogP contribution in [0.5, 0.6) is 0 Å². The van der Waals surface area contributed by atoms with Gasteiger partial charge in [-0.2, -0.15) is 11.3 Å². The molecule has 134 valence electrons. The second kappa shape index (κ2) is 7.99. The number of hydrogen-bond donors (Lipinski definition) is 1. The predicted octanol–water partition coefficient (Wildman–Crippen LogP) is 3.70. The van der Waals surface area contributed by atoms with Crippen LogP contribution in [0.3, 0.4) is 0 Å². The van der Waals surface area contributed by atoms with Gasteiger partial charge in [0.2, 0.25) is 0 Å². The van der Waals surface area contributed by atoms with Crippen molar-refractivity contribution in [2.24, 2.45) is 0 Å². The third-order valence-electron chi connectivity index (χ3n) is 4.88. The normalized spacial score (nSPS) is 16.5. The van der Waals surface area contributed by atoms with Crippen LogP contribution in [0.1, 0.15) is 22.0 Å². The number of nitrogens with one attached hydrogen (secondary N) is 1. The molecular weight excluding hydrogens is 344 g/mol. The lowest BCUT2D eigenvalue weighted by Crippen LogP contribution is -2.43. The zero-order chi connectivity index (χ0) is 17.8. The highest BCUT2D eigenvalue weighted by atomic mass is 32.1. The SMILES string of the molecule is O=C(NC[C@H](c1ccsc1)N1CCOCC1)c1ccc2ccccc2c1. The molecule has 0 saturated carbocycles. The standard InChI is InChI=1S/C21H22N2O2S/c24-21(18-6-5-16-3-1-2-4-17(16)13-18)22-14-20(19-7-12-26-15-19)23-8-10-25-11-9-23/h1-7,12-13,15,20H,8-11,14H2,(H,22,24)/t20-/m1/s1. The van der Waals surface area contributed by atoms with Crippen LogP contribution in [0.25, 0.3) is 10.8 Å². The molecule has 1 aliphatic heterocycles. The van der Waals surface area contributed by atoms with Crippen LogP contribution in [0.2, 0.25) is 0 Å². The van der Waals surface area contributed by atoms with Crippen LogP contribution in [-0.4, -0.2) is 43.7 Å². The molecular formula is C21H22N2O2S. The van der Waals surface area contributed by atoms with Crippen molar-refractivity contribution >= 4 is 28.0 Å². The quantitative estimate of drug-likeness (QED) is 0.749. The maximum Gasteiger partial charge on any atom is 0.251 e. The van der Waals surface area contributed by atoms with E-state index in [-0.39, 0.29) is 11.9 Å². The highest BCUT2D eigenvalue weighted by Crippen LogP contribution is 2.24. The molecule has 1 fully saturated rings. The molecule has 5 heteroatoms. The van der Waals surface area contributed by atoms with Gasteiger partial charge in [-0.1, -0.05) is 30.3 Å². The summed E-state index contributed by atoms with van der Waals surface area (Å²) in [5.41, 5.74) is 1.96. The Labute approximate surface area is 157 Å². The largest absolute Gasteiger partial charge is 0.379 e. The maximum atomic E-state index is 12.7. The van der Waals surface area contributed by atoms with E-state index < -0.39 is 0 Å². The molecule has 2 heterocycles. The van der Waals surface area contributed by atoms with Gasteiger partial charge in [0.15, 0.2) is 0 Å². The maximum absolute atomic E-state index is 12.7. The van der Waals surface area contributed by atoms with E-state index in [4.69, 9.17) is 4.74 Å². The van der Waals surface area contributed by atoms with E-state index in [1.165, 1.54) is 5.56 Å². The van der Waals surface area contributed by atoms with Crippen LogP contribution in [0.15, 0.2) is 59.3 Å². The summed E-state index contributed by atoms with van der Waals surface area (Å²) in [6.07, 6.45) is 0.